The van der Waals surface area contributed by atoms with E-state index in [1.807, 2.05) is 28.7 Å². The van der Waals surface area contributed by atoms with Crippen molar-refractivity contribution in [1.82, 2.24) is 19.3 Å². The minimum Gasteiger partial charge on any atom is -0.462 e. The number of ether oxygens (including phenoxy) is 1. The molecule has 2 unspecified atom stereocenters. The van der Waals surface area contributed by atoms with Gasteiger partial charge < -0.3 is 14.5 Å². The van der Waals surface area contributed by atoms with E-state index in [1.165, 1.54) is 11.3 Å². The second kappa shape index (κ2) is 7.25. The van der Waals surface area contributed by atoms with E-state index in [0.717, 1.165) is 42.2 Å². The fourth-order valence-electron chi connectivity index (χ4n) is 5.21. The molecule has 9 heteroatoms. The summed E-state index contributed by atoms with van der Waals surface area (Å²) in [6, 6.07) is 7.84. The van der Waals surface area contributed by atoms with Gasteiger partial charge in [0.2, 0.25) is 5.43 Å². The third-order valence-electron chi connectivity index (χ3n) is 6.60. The third kappa shape index (κ3) is 2.84. The van der Waals surface area contributed by atoms with Crippen LogP contribution in [0, 0.1) is 11.8 Å². The SMILES string of the molecule is CCOC(=O)c1c(=O)c2ncc(N3CC4CN(C)CC4C3)nc2n2c1sc1ccccc12. The normalized spacial score (nSPS) is 21.1. The molecule has 5 heterocycles. The first-order valence-electron chi connectivity index (χ1n) is 10.9. The summed E-state index contributed by atoms with van der Waals surface area (Å²) in [5, 5.41) is 0. The second-order valence-corrected chi connectivity index (χ2v) is 9.71. The zero-order valence-corrected chi connectivity index (χ0v) is 18.8. The van der Waals surface area contributed by atoms with Gasteiger partial charge in [-0.05, 0) is 37.9 Å². The molecule has 32 heavy (non-hydrogen) atoms. The van der Waals surface area contributed by atoms with Crippen LogP contribution in [0.1, 0.15) is 17.3 Å². The van der Waals surface area contributed by atoms with Crippen LogP contribution in [-0.4, -0.2) is 65.1 Å². The van der Waals surface area contributed by atoms with E-state index in [4.69, 9.17) is 9.72 Å². The lowest BCUT2D eigenvalue weighted by Gasteiger charge is -2.20. The van der Waals surface area contributed by atoms with E-state index in [-0.39, 0.29) is 17.7 Å². The third-order valence-corrected chi connectivity index (χ3v) is 7.74. The van der Waals surface area contributed by atoms with Crippen molar-refractivity contribution in [2.45, 2.75) is 6.92 Å². The second-order valence-electron chi connectivity index (χ2n) is 8.68. The van der Waals surface area contributed by atoms with Gasteiger partial charge in [0.15, 0.2) is 11.2 Å². The van der Waals surface area contributed by atoms with Crippen molar-refractivity contribution in [2.24, 2.45) is 11.8 Å². The first kappa shape index (κ1) is 19.6. The first-order valence-corrected chi connectivity index (χ1v) is 11.7. The number of rotatable bonds is 3. The van der Waals surface area contributed by atoms with Crippen LogP contribution >= 0.6 is 11.3 Å². The van der Waals surface area contributed by atoms with Crippen molar-refractivity contribution in [1.29, 1.82) is 0 Å². The molecule has 2 fully saturated rings. The molecule has 0 spiro atoms. The summed E-state index contributed by atoms with van der Waals surface area (Å²) in [6.45, 7) is 6.02. The smallest absolute Gasteiger partial charge is 0.345 e. The average molecular weight is 450 g/mol. The van der Waals surface area contributed by atoms with Crippen LogP contribution in [-0.2, 0) is 4.74 Å². The predicted octanol–water partition coefficient (Wildman–Crippen LogP) is 2.63. The fourth-order valence-corrected chi connectivity index (χ4v) is 6.39. The topological polar surface area (TPSA) is 80.0 Å². The van der Waals surface area contributed by atoms with Gasteiger partial charge in [-0.3, -0.25) is 9.20 Å². The summed E-state index contributed by atoms with van der Waals surface area (Å²) >= 11 is 1.40. The number of nitrogens with zero attached hydrogens (tertiary/aromatic N) is 5. The molecule has 2 aliphatic heterocycles. The van der Waals surface area contributed by atoms with Gasteiger partial charge in [-0.1, -0.05) is 12.1 Å². The predicted molar refractivity (Wildman–Crippen MR) is 125 cm³/mol. The van der Waals surface area contributed by atoms with Crippen LogP contribution in [0.15, 0.2) is 35.3 Å². The Bertz CT molecular complexity index is 1430. The van der Waals surface area contributed by atoms with Gasteiger partial charge in [0.05, 0.1) is 23.0 Å². The molecule has 0 N–H and O–H groups in total. The molecule has 2 aliphatic rings. The number of fused-ring (bicyclic) bond motifs is 6. The molecular formula is C23H23N5O3S. The van der Waals surface area contributed by atoms with E-state index < -0.39 is 11.4 Å². The van der Waals surface area contributed by atoms with E-state index in [2.05, 4.69) is 21.8 Å². The Morgan fingerprint density at radius 2 is 1.94 bits per heavy atom. The zero-order chi connectivity index (χ0) is 22.0. The summed E-state index contributed by atoms with van der Waals surface area (Å²) in [7, 11) is 2.17. The molecule has 0 radical (unpaired) electrons. The average Bonchev–Trinajstić information content (AvgIpc) is 3.44. The summed E-state index contributed by atoms with van der Waals surface area (Å²) in [6.07, 6.45) is 1.67. The molecule has 1 aromatic carbocycles. The van der Waals surface area contributed by atoms with Crippen LogP contribution in [0.2, 0.25) is 0 Å². The van der Waals surface area contributed by atoms with Crippen molar-refractivity contribution < 1.29 is 9.53 Å². The molecule has 0 saturated carbocycles. The molecule has 164 valence electrons. The highest BCUT2D eigenvalue weighted by atomic mass is 32.1. The lowest BCUT2D eigenvalue weighted by Crippen LogP contribution is -2.28. The Morgan fingerprint density at radius 1 is 1.19 bits per heavy atom. The molecule has 3 aromatic heterocycles. The molecule has 0 bridgehead atoms. The molecule has 2 saturated heterocycles. The standard InChI is InChI=1S/C23H23N5O3S/c1-3-31-23(30)18-20(29)19-21(28-15-6-4-5-7-16(15)32-22(18)28)25-17(8-24-19)27-11-13-9-26(2)10-14(13)12-27/h4-8,13-14H,3,9-12H2,1-2H3. The van der Waals surface area contributed by atoms with Crippen LogP contribution < -0.4 is 10.3 Å². The lowest BCUT2D eigenvalue weighted by atomic mass is 10.0. The number of aromatic nitrogens is 3. The quantitative estimate of drug-likeness (QED) is 0.445. The number of carbonyl (C=O) groups excluding carboxylic acids is 1. The summed E-state index contributed by atoms with van der Waals surface area (Å²) < 4.78 is 8.07. The number of carbonyl (C=O) groups is 1. The number of likely N-dealkylation sites (tertiary alicyclic amines) is 1. The molecule has 0 aliphatic carbocycles. The monoisotopic (exact) mass is 449 g/mol. The number of para-hydroxylation sites is 1. The minimum absolute atomic E-state index is 0.0290. The Morgan fingerprint density at radius 3 is 2.69 bits per heavy atom. The molecule has 8 nitrogen and oxygen atoms in total. The molecule has 6 rings (SSSR count). The Balaban J connectivity index is 1.58. The summed E-state index contributed by atoms with van der Waals surface area (Å²) in [5.41, 5.74) is 1.18. The van der Waals surface area contributed by atoms with Crippen molar-refractivity contribution >= 4 is 49.3 Å². The molecule has 4 aromatic rings. The Hall–Kier alpha value is -3.04. The number of esters is 1. The van der Waals surface area contributed by atoms with E-state index in [0.29, 0.717) is 22.3 Å². The number of hydrogen-bond donors (Lipinski definition) is 0. The number of hydrogen-bond acceptors (Lipinski definition) is 8. The highest BCUT2D eigenvalue weighted by molar-refractivity contribution is 7.24. The summed E-state index contributed by atoms with van der Waals surface area (Å²) in [5.74, 6) is 1.43. The van der Waals surface area contributed by atoms with Gasteiger partial charge in [-0.2, -0.15) is 0 Å². The fraction of sp³-hybridized carbons (Fsp3) is 0.391. The summed E-state index contributed by atoms with van der Waals surface area (Å²) in [4.78, 5) is 40.7. The van der Waals surface area contributed by atoms with Gasteiger partial charge in [-0.25, -0.2) is 14.8 Å². The number of anilines is 1. The van der Waals surface area contributed by atoms with E-state index >= 15 is 0 Å². The zero-order valence-electron chi connectivity index (χ0n) is 17.9. The van der Waals surface area contributed by atoms with Crippen LogP contribution in [0.4, 0.5) is 5.82 Å². The maximum atomic E-state index is 13.3. The van der Waals surface area contributed by atoms with Gasteiger partial charge in [0.1, 0.15) is 16.2 Å². The molecule has 2 atom stereocenters. The Labute approximate surface area is 188 Å². The molecular weight excluding hydrogens is 426 g/mol. The van der Waals surface area contributed by atoms with E-state index in [1.54, 1.807) is 13.1 Å². The van der Waals surface area contributed by atoms with Crippen molar-refractivity contribution in [2.75, 3.05) is 44.7 Å². The maximum absolute atomic E-state index is 13.3. The largest absolute Gasteiger partial charge is 0.462 e. The van der Waals surface area contributed by atoms with Crippen molar-refractivity contribution in [3.05, 3.63) is 46.2 Å². The van der Waals surface area contributed by atoms with Crippen LogP contribution in [0.5, 0.6) is 0 Å². The van der Waals surface area contributed by atoms with Gasteiger partial charge in [0, 0.05) is 26.2 Å². The molecule has 0 amide bonds. The number of thiazole rings is 1. The van der Waals surface area contributed by atoms with Crippen LogP contribution in [0.3, 0.4) is 0 Å². The van der Waals surface area contributed by atoms with Gasteiger partial charge in [0.25, 0.3) is 0 Å². The van der Waals surface area contributed by atoms with Gasteiger partial charge >= 0.3 is 5.97 Å². The lowest BCUT2D eigenvalue weighted by molar-refractivity contribution is 0.0527. The minimum atomic E-state index is -0.620. The van der Waals surface area contributed by atoms with Crippen molar-refractivity contribution in [3.63, 3.8) is 0 Å². The number of pyridine rings is 1. The van der Waals surface area contributed by atoms with Crippen LogP contribution in [0.25, 0.3) is 26.2 Å². The first-order chi connectivity index (χ1) is 15.5. The maximum Gasteiger partial charge on any atom is 0.345 e. The van der Waals surface area contributed by atoms with Gasteiger partial charge in [-0.15, -0.1) is 11.3 Å². The van der Waals surface area contributed by atoms with E-state index in [9.17, 15) is 9.59 Å². The highest BCUT2D eigenvalue weighted by Crippen LogP contribution is 2.34. The highest BCUT2D eigenvalue weighted by Gasteiger charge is 2.39. The number of benzene rings is 1. The Kier molecular flexibility index (Phi) is 4.44. The van der Waals surface area contributed by atoms with Crippen molar-refractivity contribution in [3.8, 4) is 0 Å².